The van der Waals surface area contributed by atoms with Crippen molar-refractivity contribution in [1.82, 2.24) is 10.0 Å². The van der Waals surface area contributed by atoms with E-state index < -0.39 is 22.6 Å². The van der Waals surface area contributed by atoms with E-state index in [-0.39, 0.29) is 22.9 Å². The number of hydrogen-bond donors (Lipinski definition) is 2. The summed E-state index contributed by atoms with van der Waals surface area (Å²) in [4.78, 5) is -0.00908. The van der Waals surface area contributed by atoms with E-state index in [1.165, 1.54) is 24.3 Å². The van der Waals surface area contributed by atoms with Gasteiger partial charge in [0, 0.05) is 6.54 Å². The van der Waals surface area contributed by atoms with Crippen molar-refractivity contribution in [1.29, 1.82) is 0 Å². The first-order valence-corrected chi connectivity index (χ1v) is 9.11. The summed E-state index contributed by atoms with van der Waals surface area (Å²) in [7, 11) is -3.67. The zero-order valence-corrected chi connectivity index (χ0v) is 14.7. The van der Waals surface area contributed by atoms with Crippen LogP contribution in [0.4, 0.5) is 13.2 Å². The molecule has 1 saturated heterocycles. The van der Waals surface area contributed by atoms with Crippen molar-refractivity contribution >= 4 is 22.4 Å². The second-order valence-corrected chi connectivity index (χ2v) is 7.60. The Hall–Kier alpha value is -0.830. The summed E-state index contributed by atoms with van der Waals surface area (Å²) in [5, 5.41) is 3.27. The first-order chi connectivity index (χ1) is 10.8. The summed E-state index contributed by atoms with van der Waals surface area (Å²) in [6.45, 7) is 2.24. The summed E-state index contributed by atoms with van der Waals surface area (Å²) in [5.74, 6) is 0.459. The van der Waals surface area contributed by atoms with Crippen LogP contribution >= 0.6 is 12.4 Å². The molecule has 138 valence electrons. The second kappa shape index (κ2) is 9.03. The smallest absolute Gasteiger partial charge is 0.316 e. The lowest BCUT2D eigenvalue weighted by Gasteiger charge is -2.22. The van der Waals surface area contributed by atoms with E-state index in [1.54, 1.807) is 0 Å². The standard InChI is InChI=1S/C15H21F3N2O2S.ClH/c16-15(17,18)10-12-3-5-14(6-4-12)23(21,22)20-9-7-13-2-1-8-19-11-13;/h3-6,13,19-20H,1-2,7-11H2;1H. The van der Waals surface area contributed by atoms with Gasteiger partial charge in [0.15, 0.2) is 0 Å². The molecular weight excluding hydrogens is 365 g/mol. The lowest BCUT2D eigenvalue weighted by atomic mass is 9.96. The van der Waals surface area contributed by atoms with E-state index in [2.05, 4.69) is 10.0 Å². The summed E-state index contributed by atoms with van der Waals surface area (Å²) in [6, 6.07) is 4.83. The molecule has 1 heterocycles. The fourth-order valence-electron chi connectivity index (χ4n) is 2.67. The number of halogens is 4. The van der Waals surface area contributed by atoms with Gasteiger partial charge in [-0.15, -0.1) is 12.4 Å². The molecule has 1 aromatic rings. The van der Waals surface area contributed by atoms with E-state index in [0.717, 1.165) is 32.4 Å². The van der Waals surface area contributed by atoms with Crippen LogP contribution in [0.25, 0.3) is 0 Å². The highest BCUT2D eigenvalue weighted by Crippen LogP contribution is 2.22. The zero-order valence-electron chi connectivity index (χ0n) is 13.1. The van der Waals surface area contributed by atoms with Crippen LogP contribution in [-0.2, 0) is 16.4 Å². The van der Waals surface area contributed by atoms with Gasteiger partial charge in [-0.1, -0.05) is 12.1 Å². The number of nitrogens with one attached hydrogen (secondary N) is 2. The molecule has 0 amide bonds. The molecule has 0 spiro atoms. The average Bonchev–Trinajstić information content (AvgIpc) is 2.47. The van der Waals surface area contributed by atoms with Crippen LogP contribution in [0.2, 0.25) is 0 Å². The Morgan fingerprint density at radius 3 is 2.42 bits per heavy atom. The number of hydrogen-bond acceptors (Lipinski definition) is 3. The maximum Gasteiger partial charge on any atom is 0.393 e. The van der Waals surface area contributed by atoms with E-state index in [1.807, 2.05) is 0 Å². The number of alkyl halides is 3. The molecule has 0 aliphatic carbocycles. The average molecular weight is 387 g/mol. The summed E-state index contributed by atoms with van der Waals surface area (Å²) >= 11 is 0. The second-order valence-electron chi connectivity index (χ2n) is 5.83. The van der Waals surface area contributed by atoms with Gasteiger partial charge in [0.25, 0.3) is 0 Å². The van der Waals surface area contributed by atoms with Crippen LogP contribution in [-0.4, -0.2) is 34.2 Å². The van der Waals surface area contributed by atoms with Crippen molar-refractivity contribution in [3.63, 3.8) is 0 Å². The molecule has 24 heavy (non-hydrogen) atoms. The quantitative estimate of drug-likeness (QED) is 0.790. The summed E-state index contributed by atoms with van der Waals surface area (Å²) in [6.07, 6.45) is -2.43. The first-order valence-electron chi connectivity index (χ1n) is 7.62. The molecule has 0 bridgehead atoms. The molecule has 1 aliphatic rings. The third-order valence-corrected chi connectivity index (χ3v) is 5.36. The number of benzene rings is 1. The molecule has 4 nitrogen and oxygen atoms in total. The largest absolute Gasteiger partial charge is 0.393 e. The number of rotatable bonds is 6. The van der Waals surface area contributed by atoms with E-state index >= 15 is 0 Å². The van der Waals surface area contributed by atoms with Crippen molar-refractivity contribution in [3.05, 3.63) is 29.8 Å². The lowest BCUT2D eigenvalue weighted by molar-refractivity contribution is -0.127. The Balaban J connectivity index is 0.00000288. The third kappa shape index (κ3) is 6.96. The SMILES string of the molecule is Cl.O=S(=O)(NCCC1CCCNC1)c1ccc(CC(F)(F)F)cc1. The molecule has 1 aliphatic heterocycles. The van der Waals surface area contributed by atoms with Crippen molar-refractivity contribution in [2.24, 2.45) is 5.92 Å². The highest BCUT2D eigenvalue weighted by molar-refractivity contribution is 7.89. The summed E-state index contributed by atoms with van der Waals surface area (Å²) in [5.41, 5.74) is 0.0460. The molecule has 1 aromatic carbocycles. The molecule has 0 radical (unpaired) electrons. The van der Waals surface area contributed by atoms with Crippen molar-refractivity contribution in [2.75, 3.05) is 19.6 Å². The van der Waals surface area contributed by atoms with Crippen molar-refractivity contribution in [3.8, 4) is 0 Å². The topological polar surface area (TPSA) is 58.2 Å². The minimum atomic E-state index is -4.30. The maximum absolute atomic E-state index is 12.3. The van der Waals surface area contributed by atoms with Gasteiger partial charge in [0.05, 0.1) is 11.3 Å². The number of sulfonamides is 1. The van der Waals surface area contributed by atoms with Crippen LogP contribution in [0.15, 0.2) is 29.2 Å². The normalized spacial score (nSPS) is 18.9. The minimum absolute atomic E-state index is 0. The third-order valence-electron chi connectivity index (χ3n) is 3.88. The predicted molar refractivity (Wildman–Crippen MR) is 88.8 cm³/mol. The molecule has 1 atom stereocenters. The van der Waals surface area contributed by atoms with Crippen molar-refractivity contribution < 1.29 is 21.6 Å². The van der Waals surface area contributed by atoms with Crippen LogP contribution in [0.3, 0.4) is 0 Å². The van der Waals surface area contributed by atoms with Gasteiger partial charge in [-0.3, -0.25) is 0 Å². The molecule has 2 N–H and O–H groups in total. The van der Waals surface area contributed by atoms with Gasteiger partial charge in [-0.2, -0.15) is 13.2 Å². The van der Waals surface area contributed by atoms with Crippen LogP contribution in [0.5, 0.6) is 0 Å². The van der Waals surface area contributed by atoms with Gasteiger partial charge in [-0.25, -0.2) is 13.1 Å². The zero-order chi connectivity index (χ0) is 16.9. The minimum Gasteiger partial charge on any atom is -0.316 e. The fourth-order valence-corrected chi connectivity index (χ4v) is 3.72. The van der Waals surface area contributed by atoms with Gasteiger partial charge in [0.2, 0.25) is 10.0 Å². The van der Waals surface area contributed by atoms with Gasteiger partial charge < -0.3 is 5.32 Å². The molecule has 9 heteroatoms. The van der Waals surface area contributed by atoms with E-state index in [4.69, 9.17) is 0 Å². The Bertz CT molecular complexity index is 600. The van der Waals surface area contributed by atoms with Crippen LogP contribution < -0.4 is 10.0 Å². The monoisotopic (exact) mass is 386 g/mol. The van der Waals surface area contributed by atoms with E-state index in [9.17, 15) is 21.6 Å². The Morgan fingerprint density at radius 1 is 1.21 bits per heavy atom. The molecule has 0 aromatic heterocycles. The molecule has 2 rings (SSSR count). The van der Waals surface area contributed by atoms with Crippen LogP contribution in [0.1, 0.15) is 24.8 Å². The van der Waals surface area contributed by atoms with Crippen molar-refractivity contribution in [2.45, 2.75) is 36.8 Å². The van der Waals surface area contributed by atoms with Gasteiger partial charge in [0.1, 0.15) is 0 Å². The van der Waals surface area contributed by atoms with Gasteiger partial charge in [-0.05, 0) is 56.0 Å². The van der Waals surface area contributed by atoms with Crippen LogP contribution in [0, 0.1) is 5.92 Å². The molecular formula is C15H22ClF3N2O2S. The maximum atomic E-state index is 12.3. The molecule has 1 fully saturated rings. The number of piperidine rings is 1. The predicted octanol–water partition coefficient (Wildman–Crippen LogP) is 2.88. The Labute approximate surface area is 146 Å². The Kier molecular flexibility index (Phi) is 7.98. The molecule has 0 saturated carbocycles. The van der Waals surface area contributed by atoms with Gasteiger partial charge >= 0.3 is 6.18 Å². The molecule has 1 unspecified atom stereocenters. The van der Waals surface area contributed by atoms with E-state index in [0.29, 0.717) is 12.5 Å². The Morgan fingerprint density at radius 2 is 1.88 bits per heavy atom. The highest BCUT2D eigenvalue weighted by Gasteiger charge is 2.27. The first kappa shape index (κ1) is 21.2. The lowest BCUT2D eigenvalue weighted by Crippen LogP contribution is -2.33. The highest BCUT2D eigenvalue weighted by atomic mass is 35.5. The summed E-state index contributed by atoms with van der Waals surface area (Å²) < 4.78 is 63.6. The fraction of sp³-hybridized carbons (Fsp3) is 0.600.